The quantitative estimate of drug-likeness (QED) is 0.646. The van der Waals surface area contributed by atoms with Gasteiger partial charge in [-0.25, -0.2) is 0 Å². The first-order chi connectivity index (χ1) is 9.69. The summed E-state index contributed by atoms with van der Waals surface area (Å²) in [5.74, 6) is 0. The largest absolute Gasteiger partial charge is 0.396 e. The monoisotopic (exact) mass is 278 g/mol. The van der Waals surface area contributed by atoms with E-state index in [4.69, 9.17) is 5.11 Å². The van der Waals surface area contributed by atoms with Gasteiger partial charge in [0.2, 0.25) is 0 Å². The number of aliphatic hydroxyl groups is 1. The zero-order valence-electron chi connectivity index (χ0n) is 13.3. The maximum absolute atomic E-state index is 8.78. The van der Waals surface area contributed by atoms with Gasteiger partial charge in [0, 0.05) is 32.4 Å². The lowest BCUT2D eigenvalue weighted by molar-refractivity contribution is 0.283. The second-order valence-electron chi connectivity index (χ2n) is 5.49. The Bertz CT molecular complexity index is 379. The first-order valence-electron chi connectivity index (χ1n) is 7.81. The fraction of sp³-hybridized carbons (Fsp3) is 0.647. The van der Waals surface area contributed by atoms with Gasteiger partial charge >= 0.3 is 0 Å². The van der Waals surface area contributed by atoms with Crippen LogP contribution in [0.5, 0.6) is 0 Å². The fourth-order valence-electron chi connectivity index (χ4n) is 2.28. The minimum absolute atomic E-state index is 0.308. The molecule has 1 aromatic rings. The van der Waals surface area contributed by atoms with E-state index in [1.165, 1.54) is 23.2 Å². The molecule has 0 bridgehead atoms. The standard InChI is InChI=1S/C17H30N2O/c1-4-10-18-14-16-8-9-17(13-15(16)2)19(3)11-6-5-7-12-20/h8-9,13,18,20H,4-7,10-12,14H2,1-3H3. The number of anilines is 1. The van der Waals surface area contributed by atoms with Gasteiger partial charge < -0.3 is 15.3 Å². The van der Waals surface area contributed by atoms with E-state index in [9.17, 15) is 0 Å². The number of unbranched alkanes of at least 4 members (excludes halogenated alkanes) is 2. The van der Waals surface area contributed by atoms with Crippen molar-refractivity contribution in [1.29, 1.82) is 0 Å². The number of benzene rings is 1. The summed E-state index contributed by atoms with van der Waals surface area (Å²) >= 11 is 0. The number of nitrogens with one attached hydrogen (secondary N) is 1. The van der Waals surface area contributed by atoms with Gasteiger partial charge in [0.15, 0.2) is 0 Å². The van der Waals surface area contributed by atoms with Gasteiger partial charge in [-0.2, -0.15) is 0 Å². The highest BCUT2D eigenvalue weighted by atomic mass is 16.2. The zero-order valence-corrected chi connectivity index (χ0v) is 13.3. The van der Waals surface area contributed by atoms with E-state index in [1.807, 2.05) is 0 Å². The predicted molar refractivity (Wildman–Crippen MR) is 87.4 cm³/mol. The van der Waals surface area contributed by atoms with Gasteiger partial charge in [-0.15, -0.1) is 0 Å². The van der Waals surface area contributed by atoms with Gasteiger partial charge in [0.1, 0.15) is 0 Å². The van der Waals surface area contributed by atoms with Gasteiger partial charge in [-0.3, -0.25) is 0 Å². The van der Waals surface area contributed by atoms with E-state index in [0.29, 0.717) is 6.61 Å². The molecule has 0 aliphatic carbocycles. The molecule has 3 nitrogen and oxygen atoms in total. The van der Waals surface area contributed by atoms with Crippen LogP contribution in [0.1, 0.15) is 43.7 Å². The summed E-state index contributed by atoms with van der Waals surface area (Å²) in [6.45, 7) is 7.77. The van der Waals surface area contributed by atoms with Crippen molar-refractivity contribution in [2.24, 2.45) is 0 Å². The van der Waals surface area contributed by atoms with Crippen molar-refractivity contribution in [3.63, 3.8) is 0 Å². The third-order valence-corrected chi connectivity index (χ3v) is 3.66. The van der Waals surface area contributed by atoms with Crippen molar-refractivity contribution in [3.8, 4) is 0 Å². The minimum Gasteiger partial charge on any atom is -0.396 e. The Morgan fingerprint density at radius 2 is 2.00 bits per heavy atom. The number of aryl methyl sites for hydroxylation is 1. The van der Waals surface area contributed by atoms with Crippen molar-refractivity contribution >= 4 is 5.69 Å². The van der Waals surface area contributed by atoms with Crippen molar-refractivity contribution < 1.29 is 5.11 Å². The molecular formula is C17H30N2O. The lowest BCUT2D eigenvalue weighted by Gasteiger charge is -2.20. The molecule has 0 atom stereocenters. The third-order valence-electron chi connectivity index (χ3n) is 3.66. The normalized spacial score (nSPS) is 10.8. The number of rotatable bonds is 10. The Morgan fingerprint density at radius 3 is 2.65 bits per heavy atom. The van der Waals surface area contributed by atoms with Gasteiger partial charge in [-0.1, -0.05) is 13.0 Å². The Kier molecular flexibility index (Phi) is 8.31. The molecule has 0 saturated carbocycles. The maximum atomic E-state index is 8.78. The highest BCUT2D eigenvalue weighted by molar-refractivity contribution is 5.50. The molecule has 1 rings (SSSR count). The van der Waals surface area contributed by atoms with Crippen LogP contribution in [-0.4, -0.2) is 31.9 Å². The minimum atomic E-state index is 0.308. The average molecular weight is 278 g/mol. The molecule has 3 heteroatoms. The maximum Gasteiger partial charge on any atom is 0.0431 e. The van der Waals surface area contributed by atoms with Crippen LogP contribution in [0.3, 0.4) is 0 Å². The summed E-state index contributed by atoms with van der Waals surface area (Å²) in [6, 6.07) is 6.72. The van der Waals surface area contributed by atoms with Crippen LogP contribution in [0.25, 0.3) is 0 Å². The van der Waals surface area contributed by atoms with E-state index in [2.05, 4.69) is 49.3 Å². The van der Waals surface area contributed by atoms with Crippen LogP contribution in [0.2, 0.25) is 0 Å². The van der Waals surface area contributed by atoms with Crippen LogP contribution >= 0.6 is 0 Å². The molecule has 1 aromatic carbocycles. The zero-order chi connectivity index (χ0) is 14.8. The summed E-state index contributed by atoms with van der Waals surface area (Å²) in [4.78, 5) is 2.30. The van der Waals surface area contributed by atoms with Gasteiger partial charge in [-0.05, 0) is 62.4 Å². The van der Waals surface area contributed by atoms with Crippen LogP contribution in [0.15, 0.2) is 18.2 Å². The lowest BCUT2D eigenvalue weighted by Crippen LogP contribution is -2.19. The van der Waals surface area contributed by atoms with Crippen molar-refractivity contribution in [3.05, 3.63) is 29.3 Å². The second kappa shape index (κ2) is 9.78. The van der Waals surface area contributed by atoms with E-state index >= 15 is 0 Å². The highest BCUT2D eigenvalue weighted by Crippen LogP contribution is 2.18. The summed E-state index contributed by atoms with van der Waals surface area (Å²) in [7, 11) is 2.14. The van der Waals surface area contributed by atoms with E-state index < -0.39 is 0 Å². The van der Waals surface area contributed by atoms with E-state index in [0.717, 1.165) is 38.9 Å². The molecule has 0 heterocycles. The molecule has 20 heavy (non-hydrogen) atoms. The summed E-state index contributed by atoms with van der Waals surface area (Å²) < 4.78 is 0. The number of hydrogen-bond acceptors (Lipinski definition) is 3. The average Bonchev–Trinajstić information content (AvgIpc) is 2.45. The molecule has 0 spiro atoms. The van der Waals surface area contributed by atoms with Crippen LogP contribution in [0, 0.1) is 6.92 Å². The number of aliphatic hydroxyl groups excluding tert-OH is 1. The Morgan fingerprint density at radius 1 is 1.20 bits per heavy atom. The van der Waals surface area contributed by atoms with Gasteiger partial charge in [0.25, 0.3) is 0 Å². The molecule has 0 aliphatic heterocycles. The fourth-order valence-corrected chi connectivity index (χ4v) is 2.28. The first-order valence-corrected chi connectivity index (χ1v) is 7.81. The van der Waals surface area contributed by atoms with Gasteiger partial charge in [0.05, 0.1) is 0 Å². The smallest absolute Gasteiger partial charge is 0.0431 e. The third kappa shape index (κ3) is 5.93. The topological polar surface area (TPSA) is 35.5 Å². The summed E-state index contributed by atoms with van der Waals surface area (Å²) in [6.07, 6.45) is 4.32. The van der Waals surface area contributed by atoms with Crippen molar-refractivity contribution in [2.75, 3.05) is 31.6 Å². The summed E-state index contributed by atoms with van der Waals surface area (Å²) in [5, 5.41) is 12.2. The lowest BCUT2D eigenvalue weighted by atomic mass is 10.1. The number of hydrogen-bond donors (Lipinski definition) is 2. The van der Waals surface area contributed by atoms with E-state index in [-0.39, 0.29) is 0 Å². The highest BCUT2D eigenvalue weighted by Gasteiger charge is 2.04. The molecule has 2 N–H and O–H groups in total. The Labute approximate surface area is 124 Å². The SMILES string of the molecule is CCCNCc1ccc(N(C)CCCCCO)cc1C. The Hall–Kier alpha value is -1.06. The molecule has 0 radical (unpaired) electrons. The van der Waals surface area contributed by atoms with Crippen LogP contribution < -0.4 is 10.2 Å². The van der Waals surface area contributed by atoms with Crippen molar-refractivity contribution in [2.45, 2.75) is 46.1 Å². The van der Waals surface area contributed by atoms with Crippen molar-refractivity contribution in [1.82, 2.24) is 5.32 Å². The molecule has 114 valence electrons. The predicted octanol–water partition coefficient (Wildman–Crippen LogP) is 3.09. The molecule has 0 saturated heterocycles. The molecule has 0 aliphatic rings. The molecule has 0 aromatic heterocycles. The molecule has 0 amide bonds. The number of nitrogens with zero attached hydrogens (tertiary/aromatic N) is 1. The summed E-state index contributed by atoms with van der Waals surface area (Å²) in [5.41, 5.74) is 4.02. The molecule has 0 fully saturated rings. The first kappa shape index (κ1) is 17.0. The van der Waals surface area contributed by atoms with Crippen LogP contribution in [-0.2, 0) is 6.54 Å². The molecule has 0 unspecified atom stereocenters. The molecular weight excluding hydrogens is 248 g/mol. The van der Waals surface area contributed by atoms with E-state index in [1.54, 1.807) is 0 Å². The Balaban J connectivity index is 2.48. The van der Waals surface area contributed by atoms with Crippen LogP contribution in [0.4, 0.5) is 5.69 Å². The second-order valence-corrected chi connectivity index (χ2v) is 5.49.